The summed E-state index contributed by atoms with van der Waals surface area (Å²) >= 11 is 0. The van der Waals surface area contributed by atoms with Crippen LogP contribution in [0.4, 0.5) is 0 Å². The van der Waals surface area contributed by atoms with Gasteiger partial charge in [0.1, 0.15) is 0 Å². The van der Waals surface area contributed by atoms with Crippen LogP contribution in [0.1, 0.15) is 0 Å². The summed E-state index contributed by atoms with van der Waals surface area (Å²) in [5.74, 6) is 0. The molecule has 0 aromatic rings. The Morgan fingerprint density at radius 1 is 0.643 bits per heavy atom. The van der Waals surface area contributed by atoms with Crippen molar-refractivity contribution in [2.45, 2.75) is 0 Å². The van der Waals surface area contributed by atoms with Gasteiger partial charge in [-0.05, 0) is 0 Å². The number of hydrogen-bond acceptors (Lipinski definition) is 0. The number of allylic oxidation sites excluding steroid dienone is 6. The first-order valence-corrected chi connectivity index (χ1v) is 3.79. The van der Waals surface area contributed by atoms with E-state index in [1.807, 2.05) is 36.5 Å². The first-order chi connectivity index (χ1) is 5.97. The molecule has 0 spiro atoms. The van der Waals surface area contributed by atoms with Gasteiger partial charge in [-0.1, -0.05) is 36.5 Å². The van der Waals surface area contributed by atoms with Crippen LogP contribution in [-0.4, -0.2) is 0 Å². The largest absolute Gasteiger partial charge is 1.00 e. The zero-order valence-electron chi connectivity index (χ0n) is 8.51. The maximum atomic E-state index is 4.19. The minimum atomic E-state index is 0. The second-order valence-electron chi connectivity index (χ2n) is 2.43. The molecule has 0 aromatic carbocycles. The first kappa shape index (κ1) is 15.6. The third-order valence-electron chi connectivity index (χ3n) is 1.59. The molecule has 0 aliphatic carbocycles. The van der Waals surface area contributed by atoms with Crippen molar-refractivity contribution in [3.8, 4) is 0 Å². The van der Waals surface area contributed by atoms with Crippen molar-refractivity contribution >= 4 is 0 Å². The van der Waals surface area contributed by atoms with E-state index in [1.165, 1.54) is 0 Å². The van der Waals surface area contributed by atoms with Crippen molar-refractivity contribution in [2.75, 3.05) is 0 Å². The Morgan fingerprint density at radius 3 is 1.36 bits per heavy atom. The topological polar surface area (TPSA) is 28.2 Å². The van der Waals surface area contributed by atoms with Crippen LogP contribution in [0.5, 0.6) is 0 Å². The molecule has 0 saturated carbocycles. The van der Waals surface area contributed by atoms with Gasteiger partial charge in [0.15, 0.2) is 0 Å². The molecule has 0 atom stereocenters. The summed E-state index contributed by atoms with van der Waals surface area (Å²) < 4.78 is 0. The molecule has 2 aliphatic rings. The molecule has 4 heteroatoms. The van der Waals surface area contributed by atoms with Crippen LogP contribution < -0.4 is 103 Å². The summed E-state index contributed by atoms with van der Waals surface area (Å²) in [6.45, 7) is 0. The van der Waals surface area contributed by atoms with Gasteiger partial charge in [-0.25, -0.2) is 0 Å². The third-order valence-corrected chi connectivity index (χ3v) is 1.59. The van der Waals surface area contributed by atoms with Crippen molar-refractivity contribution in [3.05, 3.63) is 70.9 Å². The van der Waals surface area contributed by atoms with Gasteiger partial charge in [-0.15, -0.1) is 0 Å². The molecule has 2 nitrogen and oxygen atoms in total. The van der Waals surface area contributed by atoms with E-state index < -0.39 is 0 Å². The Labute approximate surface area is 170 Å². The van der Waals surface area contributed by atoms with Crippen molar-refractivity contribution < 1.29 is 103 Å². The van der Waals surface area contributed by atoms with Gasteiger partial charge < -0.3 is 10.6 Å². The molecule has 60 valence electrons. The Bertz CT molecular complexity index is 293. The van der Waals surface area contributed by atoms with E-state index in [2.05, 4.69) is 10.6 Å². The normalized spacial score (nSPS) is 21.7. The van der Waals surface area contributed by atoms with Gasteiger partial charge in [-0.2, -0.15) is 23.8 Å². The fraction of sp³-hybridized carbons (Fsp3) is 0. The van der Waals surface area contributed by atoms with E-state index in [0.29, 0.717) is 0 Å². The van der Waals surface area contributed by atoms with E-state index in [4.69, 9.17) is 0 Å². The van der Waals surface area contributed by atoms with Crippen molar-refractivity contribution in [3.63, 3.8) is 0 Å². The summed E-state index contributed by atoms with van der Waals surface area (Å²) in [7, 11) is 0. The molecule has 0 radical (unpaired) electrons. The summed E-state index contributed by atoms with van der Waals surface area (Å²) in [5, 5.41) is 8.37. The average molecular weight is 234 g/mol. The first-order valence-electron chi connectivity index (χ1n) is 3.79. The van der Waals surface area contributed by atoms with Crippen LogP contribution in [0.15, 0.2) is 60.3 Å². The summed E-state index contributed by atoms with van der Waals surface area (Å²) in [5.41, 5.74) is 1.83. The van der Waals surface area contributed by atoms with E-state index in [9.17, 15) is 0 Å². The van der Waals surface area contributed by atoms with Crippen LogP contribution in [-0.2, 0) is 0 Å². The molecule has 0 N–H and O–H groups in total. The molecule has 0 amide bonds. The number of nitrogens with zero attached hydrogens (tertiary/aromatic N) is 2. The zero-order chi connectivity index (χ0) is 8.23. The molecule has 2 heterocycles. The van der Waals surface area contributed by atoms with Gasteiger partial charge in [0.2, 0.25) is 0 Å². The minimum Gasteiger partial charge on any atom is -0.665 e. The fourth-order valence-corrected chi connectivity index (χ4v) is 1.03. The Morgan fingerprint density at radius 2 is 1.07 bits per heavy atom. The summed E-state index contributed by atoms with van der Waals surface area (Å²) in [4.78, 5) is 0. The molecule has 2 aliphatic heterocycles. The van der Waals surface area contributed by atoms with E-state index in [1.54, 1.807) is 12.4 Å². The van der Waals surface area contributed by atoms with Gasteiger partial charge in [0.25, 0.3) is 0 Å². The van der Waals surface area contributed by atoms with Crippen molar-refractivity contribution in [1.29, 1.82) is 0 Å². The number of rotatable bonds is 0. The van der Waals surface area contributed by atoms with Crippen LogP contribution >= 0.6 is 0 Å². The van der Waals surface area contributed by atoms with Crippen LogP contribution in [0.25, 0.3) is 10.6 Å². The van der Waals surface area contributed by atoms with Crippen molar-refractivity contribution in [2.24, 2.45) is 0 Å². The van der Waals surface area contributed by atoms with Gasteiger partial charge in [0.05, 0.1) is 0 Å². The van der Waals surface area contributed by atoms with Crippen LogP contribution in [0, 0.1) is 0 Å². The Kier molecular flexibility index (Phi) is 9.67. The maximum Gasteiger partial charge on any atom is 1.00 e. The second kappa shape index (κ2) is 8.69. The molecule has 2 rings (SSSR count). The third kappa shape index (κ3) is 4.61. The molecule has 0 fully saturated rings. The average Bonchev–Trinajstić information content (AvgIpc) is 2.21. The monoisotopic (exact) mass is 234 g/mol. The Balaban J connectivity index is 0.000000845. The smallest absolute Gasteiger partial charge is 0.665 e. The van der Waals surface area contributed by atoms with E-state index >= 15 is 0 Å². The van der Waals surface area contributed by atoms with E-state index in [-0.39, 0.29) is 103 Å². The summed E-state index contributed by atoms with van der Waals surface area (Å²) in [6.07, 6.45) is 15.1. The quantitative estimate of drug-likeness (QED) is 0.403. The molecular formula is C10H8K2N2. The van der Waals surface area contributed by atoms with Gasteiger partial charge >= 0.3 is 103 Å². The van der Waals surface area contributed by atoms with E-state index in [0.717, 1.165) is 11.4 Å². The predicted octanol–water partition coefficient (Wildman–Crippen LogP) is -2.88. The van der Waals surface area contributed by atoms with Crippen LogP contribution in [0.3, 0.4) is 0 Å². The second-order valence-corrected chi connectivity index (χ2v) is 2.43. The molecule has 0 bridgehead atoms. The summed E-state index contributed by atoms with van der Waals surface area (Å²) in [6, 6.07) is 0. The number of hydrogen-bond donors (Lipinski definition) is 0. The predicted molar refractivity (Wildman–Crippen MR) is 50.3 cm³/mol. The Hall–Kier alpha value is 1.57. The molecule has 0 unspecified atom stereocenters. The molecular weight excluding hydrogens is 226 g/mol. The standard InChI is InChI=1S/C10H8N2.2K/c1-3-7-11-9(5-1)10-6-2-4-8-12-10;;/h1-8H;;/q-2;2*+1/b10-9-;;. The van der Waals surface area contributed by atoms with Crippen molar-refractivity contribution in [1.82, 2.24) is 0 Å². The maximum absolute atomic E-state index is 4.19. The zero-order valence-corrected chi connectivity index (χ0v) is 14.8. The fourth-order valence-electron chi connectivity index (χ4n) is 1.03. The minimum absolute atomic E-state index is 0. The van der Waals surface area contributed by atoms with Gasteiger partial charge in [-0.3, -0.25) is 0 Å². The molecule has 0 aromatic heterocycles. The SMILES string of the molecule is C1=C[N-]/C(=C2/C=CC=C[N-]2)C=C1.[K+].[K+]. The van der Waals surface area contributed by atoms with Gasteiger partial charge in [0, 0.05) is 0 Å². The van der Waals surface area contributed by atoms with Crippen LogP contribution in [0.2, 0.25) is 0 Å². The molecule has 0 saturated heterocycles. The molecule has 14 heavy (non-hydrogen) atoms.